The number of benzene rings is 4. The van der Waals surface area contributed by atoms with E-state index >= 15 is 0 Å². The van der Waals surface area contributed by atoms with Gasteiger partial charge in [0.05, 0.1) is 21.0 Å². The summed E-state index contributed by atoms with van der Waals surface area (Å²) in [5.74, 6) is -0.437. The lowest BCUT2D eigenvalue weighted by Gasteiger charge is -2.14. The lowest BCUT2D eigenvalue weighted by Crippen LogP contribution is -2.14. The molecule has 0 aliphatic rings. The van der Waals surface area contributed by atoms with Crippen LogP contribution >= 0.6 is 11.6 Å². The Morgan fingerprint density at radius 2 is 1.69 bits per heavy atom. The molecular formula is C28H18ClF3N2O4S. The number of nitrogens with zero attached hydrogens (tertiary/aromatic N) is 1. The summed E-state index contributed by atoms with van der Waals surface area (Å²) in [4.78, 5) is 17.7. The molecule has 0 spiro atoms. The molecule has 1 amide bonds. The number of para-hydroxylation sites is 2. The minimum Gasteiger partial charge on any atom is -0.436 e. The Morgan fingerprint density at radius 3 is 2.41 bits per heavy atom. The Balaban J connectivity index is 1.55. The Kier molecular flexibility index (Phi) is 6.69. The second-order valence-electron chi connectivity index (χ2n) is 8.69. The predicted octanol–water partition coefficient (Wildman–Crippen LogP) is 7.49. The minimum atomic E-state index is -4.63. The fourth-order valence-corrected chi connectivity index (χ4v) is 4.85. The number of rotatable bonds is 5. The molecule has 198 valence electrons. The van der Waals surface area contributed by atoms with Crippen molar-refractivity contribution in [3.05, 3.63) is 101 Å². The molecule has 0 fully saturated rings. The molecule has 5 aromatic rings. The maximum atomic E-state index is 13.4. The number of halogens is 4. The number of alkyl halides is 3. The smallest absolute Gasteiger partial charge is 0.416 e. The number of aromatic nitrogens is 1. The van der Waals surface area contributed by atoms with Crippen molar-refractivity contribution in [2.75, 3.05) is 11.6 Å². The van der Waals surface area contributed by atoms with Crippen molar-refractivity contribution >= 4 is 44.1 Å². The van der Waals surface area contributed by atoms with Gasteiger partial charge in [0, 0.05) is 17.5 Å². The van der Waals surface area contributed by atoms with E-state index in [1.807, 2.05) is 6.07 Å². The number of hydrogen-bond donors (Lipinski definition) is 1. The summed E-state index contributed by atoms with van der Waals surface area (Å²) in [5, 5.41) is 3.02. The van der Waals surface area contributed by atoms with Gasteiger partial charge in [0.1, 0.15) is 5.52 Å². The first-order chi connectivity index (χ1) is 18.4. The maximum Gasteiger partial charge on any atom is 0.416 e. The van der Waals surface area contributed by atoms with E-state index in [0.29, 0.717) is 27.4 Å². The Bertz CT molecular complexity index is 1820. The van der Waals surface area contributed by atoms with Crippen LogP contribution in [0.4, 0.5) is 18.9 Å². The average molecular weight is 571 g/mol. The van der Waals surface area contributed by atoms with Crippen molar-refractivity contribution in [3.8, 4) is 22.6 Å². The Morgan fingerprint density at radius 1 is 0.923 bits per heavy atom. The van der Waals surface area contributed by atoms with Crippen LogP contribution in [-0.4, -0.2) is 25.6 Å². The summed E-state index contributed by atoms with van der Waals surface area (Å²) in [7, 11) is -3.71. The van der Waals surface area contributed by atoms with E-state index in [1.165, 1.54) is 30.3 Å². The van der Waals surface area contributed by atoms with Gasteiger partial charge in [-0.1, -0.05) is 35.9 Å². The van der Waals surface area contributed by atoms with Crippen molar-refractivity contribution in [2.45, 2.75) is 11.1 Å². The quantitative estimate of drug-likeness (QED) is 0.236. The molecule has 0 saturated carbocycles. The number of amides is 1. The zero-order valence-corrected chi connectivity index (χ0v) is 21.7. The lowest BCUT2D eigenvalue weighted by atomic mass is 9.97. The largest absolute Gasteiger partial charge is 0.436 e. The predicted molar refractivity (Wildman–Crippen MR) is 142 cm³/mol. The number of oxazole rings is 1. The second kappa shape index (κ2) is 9.87. The Hall–Kier alpha value is -4.15. The van der Waals surface area contributed by atoms with Crippen molar-refractivity contribution in [2.24, 2.45) is 0 Å². The van der Waals surface area contributed by atoms with Gasteiger partial charge in [0.25, 0.3) is 5.91 Å². The topological polar surface area (TPSA) is 89.3 Å². The monoisotopic (exact) mass is 570 g/mol. The van der Waals surface area contributed by atoms with Crippen LogP contribution in [0.25, 0.3) is 33.7 Å². The van der Waals surface area contributed by atoms with Gasteiger partial charge in [0.15, 0.2) is 15.4 Å². The Labute approximate surface area is 226 Å². The third kappa shape index (κ3) is 5.52. The number of sulfone groups is 1. The summed E-state index contributed by atoms with van der Waals surface area (Å²) in [6.45, 7) is 0. The highest BCUT2D eigenvalue weighted by Gasteiger charge is 2.31. The van der Waals surface area contributed by atoms with E-state index in [1.54, 1.807) is 36.4 Å². The fourth-order valence-electron chi connectivity index (χ4n) is 4.01. The summed E-state index contributed by atoms with van der Waals surface area (Å²) in [5.41, 5.74) is 0.986. The first kappa shape index (κ1) is 26.5. The third-order valence-corrected chi connectivity index (χ3v) is 7.35. The van der Waals surface area contributed by atoms with Gasteiger partial charge >= 0.3 is 6.18 Å². The van der Waals surface area contributed by atoms with Gasteiger partial charge in [-0.3, -0.25) is 4.79 Å². The molecule has 0 aliphatic heterocycles. The van der Waals surface area contributed by atoms with Crippen molar-refractivity contribution < 1.29 is 30.8 Å². The minimum absolute atomic E-state index is 0.0228. The zero-order valence-electron chi connectivity index (χ0n) is 20.1. The van der Waals surface area contributed by atoms with Gasteiger partial charge in [0.2, 0.25) is 5.89 Å². The van der Waals surface area contributed by atoms with Crippen LogP contribution in [0.2, 0.25) is 5.02 Å². The highest BCUT2D eigenvalue weighted by molar-refractivity contribution is 7.90. The number of carbonyl (C=O) groups excluding carboxylic acids is 1. The summed E-state index contributed by atoms with van der Waals surface area (Å²) in [6.07, 6.45) is -3.66. The van der Waals surface area contributed by atoms with Crippen LogP contribution in [0, 0.1) is 0 Å². The van der Waals surface area contributed by atoms with Crippen LogP contribution in [0.1, 0.15) is 15.9 Å². The molecule has 0 radical (unpaired) electrons. The van der Waals surface area contributed by atoms with Crippen LogP contribution in [0.5, 0.6) is 0 Å². The highest BCUT2D eigenvalue weighted by Crippen LogP contribution is 2.35. The first-order valence-corrected chi connectivity index (χ1v) is 13.7. The number of carbonyl (C=O) groups is 1. The van der Waals surface area contributed by atoms with Crippen LogP contribution in [0.3, 0.4) is 0 Å². The third-order valence-electron chi connectivity index (χ3n) is 5.91. The molecule has 0 bridgehead atoms. The number of fused-ring (bicyclic) bond motifs is 1. The standard InChI is InChI=1S/C28H18ClF3N2O4S/c1-39(36,37)19-10-11-20(21(15-19)16-5-4-6-17(13-16)28(30,31)32)26(35)33-18-9-12-23(29)22(14-18)27-34-24-7-2-3-8-25(24)38-27/h2-15H,1H3,(H,33,35). The van der Waals surface area contributed by atoms with Gasteiger partial charge in [-0.25, -0.2) is 13.4 Å². The molecule has 0 aliphatic carbocycles. The van der Waals surface area contributed by atoms with Gasteiger partial charge in [-0.2, -0.15) is 13.2 Å². The van der Waals surface area contributed by atoms with Gasteiger partial charge < -0.3 is 9.73 Å². The van der Waals surface area contributed by atoms with Crippen molar-refractivity contribution in [3.63, 3.8) is 0 Å². The van der Waals surface area contributed by atoms with E-state index in [0.717, 1.165) is 18.4 Å². The summed E-state index contributed by atoms with van der Waals surface area (Å²) < 4.78 is 70.3. The molecule has 5 rings (SSSR count). The van der Waals surface area contributed by atoms with Crippen LogP contribution in [-0.2, 0) is 16.0 Å². The van der Waals surface area contributed by atoms with Crippen LogP contribution < -0.4 is 5.32 Å². The van der Waals surface area contributed by atoms with E-state index in [9.17, 15) is 26.4 Å². The zero-order chi connectivity index (χ0) is 27.9. The normalized spacial score (nSPS) is 12.0. The highest BCUT2D eigenvalue weighted by atomic mass is 35.5. The molecule has 39 heavy (non-hydrogen) atoms. The second-order valence-corrected chi connectivity index (χ2v) is 11.1. The van der Waals surface area contributed by atoms with Crippen molar-refractivity contribution in [1.29, 1.82) is 0 Å². The van der Waals surface area contributed by atoms with E-state index < -0.39 is 27.5 Å². The van der Waals surface area contributed by atoms with E-state index in [4.69, 9.17) is 16.0 Å². The number of anilines is 1. The molecule has 11 heteroatoms. The molecule has 1 heterocycles. The molecule has 4 aromatic carbocycles. The first-order valence-electron chi connectivity index (χ1n) is 11.4. The molecular weight excluding hydrogens is 553 g/mol. The molecule has 1 N–H and O–H groups in total. The van der Waals surface area contributed by atoms with Crippen LogP contribution in [0.15, 0.2) is 94.2 Å². The molecule has 0 saturated heterocycles. The summed E-state index contributed by atoms with van der Waals surface area (Å²) in [6, 6.07) is 19.8. The maximum absolute atomic E-state index is 13.4. The summed E-state index contributed by atoms with van der Waals surface area (Å²) >= 11 is 6.37. The molecule has 0 atom stereocenters. The molecule has 0 unspecified atom stereocenters. The molecule has 1 aromatic heterocycles. The molecule has 6 nitrogen and oxygen atoms in total. The lowest BCUT2D eigenvalue weighted by molar-refractivity contribution is -0.137. The van der Waals surface area contributed by atoms with E-state index in [2.05, 4.69) is 10.3 Å². The van der Waals surface area contributed by atoms with E-state index in [-0.39, 0.29) is 27.5 Å². The van der Waals surface area contributed by atoms with Gasteiger partial charge in [-0.15, -0.1) is 0 Å². The fraction of sp³-hybridized carbons (Fsp3) is 0.0714. The SMILES string of the molecule is CS(=O)(=O)c1ccc(C(=O)Nc2ccc(Cl)c(-c3nc4ccccc4o3)c2)c(-c2cccc(C(F)(F)F)c2)c1. The van der Waals surface area contributed by atoms with Crippen molar-refractivity contribution in [1.82, 2.24) is 4.98 Å². The number of hydrogen-bond acceptors (Lipinski definition) is 5. The average Bonchev–Trinajstić information content (AvgIpc) is 3.32. The van der Waals surface area contributed by atoms with Gasteiger partial charge in [-0.05, 0) is 71.8 Å². The number of nitrogens with one attached hydrogen (secondary N) is 1.